The van der Waals surface area contributed by atoms with E-state index in [9.17, 15) is 0 Å². The van der Waals surface area contributed by atoms with Crippen LogP contribution in [0.15, 0.2) is 24.5 Å². The summed E-state index contributed by atoms with van der Waals surface area (Å²) < 4.78 is 1.81. The molecule has 1 fully saturated rings. The van der Waals surface area contributed by atoms with E-state index >= 15 is 0 Å². The predicted octanol–water partition coefficient (Wildman–Crippen LogP) is 0.764. The van der Waals surface area contributed by atoms with Crippen molar-refractivity contribution in [3.8, 4) is 0 Å². The molecule has 3 heterocycles. The molecule has 1 atom stereocenters. The minimum absolute atomic E-state index is 0.446. The predicted molar refractivity (Wildman–Crippen MR) is 48.3 cm³/mol. The highest BCUT2D eigenvalue weighted by Gasteiger charge is 2.21. The van der Waals surface area contributed by atoms with Gasteiger partial charge in [0, 0.05) is 18.5 Å². The van der Waals surface area contributed by atoms with Crippen molar-refractivity contribution in [1.29, 1.82) is 0 Å². The zero-order valence-corrected chi connectivity index (χ0v) is 7.14. The van der Waals surface area contributed by atoms with E-state index in [0.29, 0.717) is 6.04 Å². The summed E-state index contributed by atoms with van der Waals surface area (Å²) in [5.41, 5.74) is 2.02. The van der Waals surface area contributed by atoms with Crippen LogP contribution in [-0.2, 0) is 0 Å². The Hall–Kier alpha value is -1.42. The highest BCUT2D eigenvalue weighted by molar-refractivity contribution is 5.39. The first kappa shape index (κ1) is 7.03. The molecule has 0 amide bonds. The maximum absolute atomic E-state index is 4.43. The van der Waals surface area contributed by atoms with Gasteiger partial charge >= 0.3 is 0 Å². The monoisotopic (exact) mass is 174 g/mol. The number of hydrogen-bond acceptors (Lipinski definition) is 3. The molecule has 1 aliphatic heterocycles. The standard InChI is InChI=1S/C9H10N4/c1-3-11-9-6-8(7-2-4-10-7)12-13(9)5-1/h1,3,5-7,10H,2,4H2. The molecule has 0 bridgehead atoms. The molecule has 0 saturated carbocycles. The number of nitrogens with one attached hydrogen (secondary N) is 1. The van der Waals surface area contributed by atoms with Gasteiger partial charge in [-0.25, -0.2) is 9.50 Å². The first-order chi connectivity index (χ1) is 6.43. The molecule has 0 radical (unpaired) electrons. The topological polar surface area (TPSA) is 42.2 Å². The lowest BCUT2D eigenvalue weighted by atomic mass is 10.0. The Morgan fingerprint density at radius 1 is 1.54 bits per heavy atom. The van der Waals surface area contributed by atoms with Crippen molar-refractivity contribution < 1.29 is 0 Å². The van der Waals surface area contributed by atoms with Crippen LogP contribution in [0.25, 0.3) is 5.65 Å². The minimum atomic E-state index is 0.446. The molecule has 1 N–H and O–H groups in total. The van der Waals surface area contributed by atoms with Gasteiger partial charge in [-0.15, -0.1) is 0 Å². The van der Waals surface area contributed by atoms with Crippen LogP contribution in [0.3, 0.4) is 0 Å². The smallest absolute Gasteiger partial charge is 0.155 e. The maximum Gasteiger partial charge on any atom is 0.155 e. The fourth-order valence-corrected chi connectivity index (χ4v) is 1.56. The van der Waals surface area contributed by atoms with Crippen molar-refractivity contribution in [1.82, 2.24) is 19.9 Å². The zero-order chi connectivity index (χ0) is 8.67. The summed E-state index contributed by atoms with van der Waals surface area (Å²) in [4.78, 5) is 4.22. The van der Waals surface area contributed by atoms with E-state index in [-0.39, 0.29) is 0 Å². The van der Waals surface area contributed by atoms with Crippen LogP contribution >= 0.6 is 0 Å². The lowest BCUT2D eigenvalue weighted by Gasteiger charge is -2.25. The first-order valence-corrected chi connectivity index (χ1v) is 4.47. The van der Waals surface area contributed by atoms with Crippen LogP contribution in [0.4, 0.5) is 0 Å². The summed E-state index contributed by atoms with van der Waals surface area (Å²) in [6.45, 7) is 1.10. The molecule has 2 aromatic heterocycles. The molecule has 1 saturated heterocycles. The summed E-state index contributed by atoms with van der Waals surface area (Å²) in [7, 11) is 0. The number of nitrogens with zero attached hydrogens (tertiary/aromatic N) is 3. The van der Waals surface area contributed by atoms with Crippen molar-refractivity contribution in [3.05, 3.63) is 30.2 Å². The van der Waals surface area contributed by atoms with Crippen LogP contribution < -0.4 is 5.32 Å². The Bertz CT molecular complexity index is 397. The highest BCUT2D eigenvalue weighted by atomic mass is 15.3. The van der Waals surface area contributed by atoms with Gasteiger partial charge in [-0.05, 0) is 19.0 Å². The highest BCUT2D eigenvalue weighted by Crippen LogP contribution is 2.21. The quantitative estimate of drug-likeness (QED) is 0.694. The lowest BCUT2D eigenvalue weighted by Crippen LogP contribution is -2.35. The van der Waals surface area contributed by atoms with Gasteiger partial charge in [-0.1, -0.05) is 0 Å². The van der Waals surface area contributed by atoms with Crippen LogP contribution in [0.2, 0.25) is 0 Å². The molecule has 4 nitrogen and oxygen atoms in total. The van der Waals surface area contributed by atoms with Crippen LogP contribution in [0.5, 0.6) is 0 Å². The molecule has 0 spiro atoms. The molecule has 2 aromatic rings. The Balaban J connectivity index is 2.10. The lowest BCUT2D eigenvalue weighted by molar-refractivity contribution is 0.374. The van der Waals surface area contributed by atoms with Crippen molar-refractivity contribution in [2.24, 2.45) is 0 Å². The summed E-state index contributed by atoms with van der Waals surface area (Å²) in [6.07, 6.45) is 4.89. The third-order valence-corrected chi connectivity index (χ3v) is 2.44. The largest absolute Gasteiger partial charge is 0.308 e. The summed E-state index contributed by atoms with van der Waals surface area (Å²) >= 11 is 0. The Morgan fingerprint density at radius 2 is 2.46 bits per heavy atom. The third-order valence-electron chi connectivity index (χ3n) is 2.44. The van der Waals surface area contributed by atoms with Crippen LogP contribution in [-0.4, -0.2) is 21.1 Å². The SMILES string of the molecule is c1cnc2cc(C3CCN3)nn2c1. The van der Waals surface area contributed by atoms with Gasteiger partial charge in [0.05, 0.1) is 11.7 Å². The van der Waals surface area contributed by atoms with Crippen LogP contribution in [0.1, 0.15) is 18.2 Å². The number of hydrogen-bond donors (Lipinski definition) is 1. The molecule has 1 unspecified atom stereocenters. The zero-order valence-electron chi connectivity index (χ0n) is 7.14. The molecular formula is C9H10N4. The summed E-state index contributed by atoms with van der Waals surface area (Å²) in [6, 6.07) is 4.37. The Labute approximate surface area is 75.6 Å². The van der Waals surface area contributed by atoms with Crippen molar-refractivity contribution in [3.63, 3.8) is 0 Å². The third kappa shape index (κ3) is 1.02. The van der Waals surface area contributed by atoms with Gasteiger partial charge in [-0.2, -0.15) is 5.10 Å². The second kappa shape index (κ2) is 2.53. The fourth-order valence-electron chi connectivity index (χ4n) is 1.56. The Kier molecular flexibility index (Phi) is 1.37. The number of aromatic nitrogens is 3. The molecule has 13 heavy (non-hydrogen) atoms. The minimum Gasteiger partial charge on any atom is -0.308 e. The van der Waals surface area contributed by atoms with Crippen molar-refractivity contribution in [2.75, 3.05) is 6.54 Å². The normalized spacial score (nSPS) is 21.7. The van der Waals surface area contributed by atoms with Crippen LogP contribution in [0, 0.1) is 0 Å². The Morgan fingerprint density at radius 3 is 3.15 bits per heavy atom. The van der Waals surface area contributed by atoms with E-state index in [1.165, 1.54) is 6.42 Å². The van der Waals surface area contributed by atoms with Gasteiger partial charge in [0.1, 0.15) is 0 Å². The number of rotatable bonds is 1. The molecule has 3 rings (SSSR count). The molecule has 0 aliphatic carbocycles. The average Bonchev–Trinajstić information content (AvgIpc) is 2.43. The number of fused-ring (bicyclic) bond motifs is 1. The molecule has 66 valence electrons. The second-order valence-corrected chi connectivity index (χ2v) is 3.29. The van der Waals surface area contributed by atoms with E-state index in [1.54, 1.807) is 6.20 Å². The second-order valence-electron chi connectivity index (χ2n) is 3.29. The van der Waals surface area contributed by atoms with E-state index in [2.05, 4.69) is 15.4 Å². The van der Waals surface area contributed by atoms with Gasteiger partial charge in [-0.3, -0.25) is 0 Å². The maximum atomic E-state index is 4.43. The van der Waals surface area contributed by atoms with Crippen molar-refractivity contribution >= 4 is 5.65 Å². The average molecular weight is 174 g/mol. The summed E-state index contributed by atoms with van der Waals surface area (Å²) in [5, 5.41) is 7.75. The van der Waals surface area contributed by atoms with E-state index in [0.717, 1.165) is 17.9 Å². The molecule has 1 aliphatic rings. The van der Waals surface area contributed by atoms with Crippen molar-refractivity contribution in [2.45, 2.75) is 12.5 Å². The molecule has 4 heteroatoms. The first-order valence-electron chi connectivity index (χ1n) is 4.47. The van der Waals surface area contributed by atoms with E-state index in [4.69, 9.17) is 0 Å². The summed E-state index contributed by atoms with van der Waals surface area (Å²) in [5.74, 6) is 0. The molecule has 0 aromatic carbocycles. The van der Waals surface area contributed by atoms with Gasteiger partial charge in [0.25, 0.3) is 0 Å². The van der Waals surface area contributed by atoms with E-state index in [1.807, 2.05) is 22.8 Å². The fraction of sp³-hybridized carbons (Fsp3) is 0.333. The molecular weight excluding hydrogens is 164 g/mol. The van der Waals surface area contributed by atoms with Gasteiger partial charge in [0.2, 0.25) is 0 Å². The van der Waals surface area contributed by atoms with Gasteiger partial charge < -0.3 is 5.32 Å². The van der Waals surface area contributed by atoms with Gasteiger partial charge in [0.15, 0.2) is 5.65 Å². The van der Waals surface area contributed by atoms with E-state index < -0.39 is 0 Å².